The Morgan fingerprint density at radius 3 is 1.23 bits per heavy atom. The molecule has 0 N–H and O–H groups in total. The third kappa shape index (κ3) is 9.10. The monoisotopic (exact) mass is 1110 g/mol. The second-order valence-electron chi connectivity index (χ2n) is 24.2. The maximum Gasteiger partial charge on any atom is 0.534 e. The van der Waals surface area contributed by atoms with Gasteiger partial charge in [0.15, 0.2) is 0 Å². The van der Waals surface area contributed by atoms with Gasteiger partial charge in [0.1, 0.15) is 11.5 Å². The molecule has 0 aliphatic heterocycles. The van der Waals surface area contributed by atoms with Crippen molar-refractivity contribution >= 4 is 60.1 Å². The molecule has 0 aromatic heterocycles. The maximum atomic E-state index is 13.1. The average Bonchev–Trinajstić information content (AvgIpc) is 4.15. The molecule has 8 rings (SSSR count). The molecule has 12 atom stereocenters. The Morgan fingerprint density at radius 1 is 0.529 bits per heavy atom. The summed E-state index contributed by atoms with van der Waals surface area (Å²) >= 11 is 13.4. The van der Waals surface area contributed by atoms with E-state index in [1.165, 1.54) is 0 Å². The van der Waals surface area contributed by atoms with Crippen molar-refractivity contribution in [2.75, 3.05) is 0 Å². The zero-order valence-corrected chi connectivity index (χ0v) is 48.2. The fraction of sp³-hybridized carbons (Fsp3) is 0.840. The van der Waals surface area contributed by atoms with E-state index in [0.717, 1.165) is 35.7 Å². The molecule has 0 aromatic rings. The molecule has 8 bridgehead atoms. The second-order valence-corrected chi connectivity index (χ2v) is 38.9. The van der Waals surface area contributed by atoms with Crippen LogP contribution in [0.2, 0.25) is 33.2 Å². The van der Waals surface area contributed by atoms with Gasteiger partial charge in [0.25, 0.3) is 0 Å². The zero-order valence-electron chi connectivity index (χ0n) is 43.1. The lowest BCUT2D eigenvalue weighted by atomic mass is 9.50. The molecule has 70 heavy (non-hydrogen) atoms. The minimum Gasteiger partial charge on any atom is -0.412 e. The van der Waals surface area contributed by atoms with E-state index in [1.807, 2.05) is 0 Å². The van der Waals surface area contributed by atoms with Gasteiger partial charge in [0, 0.05) is 34.7 Å². The average molecular weight is 1110 g/mol. The third-order valence-electron chi connectivity index (χ3n) is 19.0. The van der Waals surface area contributed by atoms with Gasteiger partial charge in [-0.2, -0.15) is 43.2 Å². The Labute approximate surface area is 426 Å². The molecule has 4 fully saturated rings. The fourth-order valence-electron chi connectivity index (χ4n) is 16.4. The molecular formula is C50H76Cl2F6O8S2Si2. The third-order valence-corrected chi connectivity index (χ3v) is 34.1. The molecule has 4 saturated carbocycles. The standard InChI is InChI=1S/2C25H38ClF3O4SSi/c2*1-13(2)35(14(3)4,15(5)6)33-23-18-10-17(32-34(30,31)25(27,28)29)11-19(23)22-16(7)21(26)12-20(18)24(22)8-9-24/h11-16,18-20,22-23H,8-10H2,1-7H3;10,12-16,18-20,22-23H,8-9,11H2,1-7H3/t2*16-,18-,19-,20+,22+,23-/m11/s1. The highest BCUT2D eigenvalue weighted by Gasteiger charge is 2.71. The highest BCUT2D eigenvalue weighted by Crippen LogP contribution is 2.75. The molecule has 0 unspecified atom stereocenters. The van der Waals surface area contributed by atoms with Crippen LogP contribution in [-0.2, 0) is 37.5 Å². The molecule has 8 aliphatic carbocycles. The van der Waals surface area contributed by atoms with Gasteiger partial charge in [-0.25, -0.2) is 0 Å². The summed E-state index contributed by atoms with van der Waals surface area (Å²) in [4.78, 5) is 0. The molecule has 8 aliphatic rings. The molecule has 8 nitrogen and oxygen atoms in total. The van der Waals surface area contributed by atoms with E-state index in [4.69, 9.17) is 40.4 Å². The lowest BCUT2D eigenvalue weighted by molar-refractivity contribution is -0.0881. The van der Waals surface area contributed by atoms with Crippen molar-refractivity contribution in [3.8, 4) is 0 Å². The van der Waals surface area contributed by atoms with Crippen LogP contribution in [0.3, 0.4) is 0 Å². The number of allylic oxidation sites excluding steroid dienone is 6. The van der Waals surface area contributed by atoms with Crippen LogP contribution in [0.5, 0.6) is 0 Å². The smallest absolute Gasteiger partial charge is 0.412 e. The summed E-state index contributed by atoms with van der Waals surface area (Å²) in [6, 6.07) is 0. The number of alkyl halides is 6. The molecule has 400 valence electrons. The normalized spacial score (nSPS) is 34.3. The van der Waals surface area contributed by atoms with Crippen LogP contribution in [-0.4, -0.2) is 56.7 Å². The molecule has 20 heteroatoms. The van der Waals surface area contributed by atoms with E-state index >= 15 is 0 Å². The maximum absolute atomic E-state index is 13.1. The Balaban J connectivity index is 0.000000206. The van der Waals surface area contributed by atoms with Crippen LogP contribution in [0.25, 0.3) is 0 Å². The first kappa shape index (κ1) is 56.7. The van der Waals surface area contributed by atoms with Crippen molar-refractivity contribution in [3.05, 3.63) is 45.9 Å². The van der Waals surface area contributed by atoms with E-state index in [-0.39, 0.29) is 107 Å². The van der Waals surface area contributed by atoms with Crippen molar-refractivity contribution in [1.82, 2.24) is 0 Å². The van der Waals surface area contributed by atoms with Gasteiger partial charge in [-0.05, 0) is 129 Å². The zero-order chi connectivity index (χ0) is 52.6. The minimum absolute atomic E-state index is 0.00290. The number of rotatable bonds is 14. The van der Waals surface area contributed by atoms with E-state index in [0.29, 0.717) is 33.2 Å². The number of halogens is 8. The van der Waals surface area contributed by atoms with Gasteiger partial charge in [-0.1, -0.05) is 132 Å². The van der Waals surface area contributed by atoms with Crippen molar-refractivity contribution in [2.45, 2.75) is 192 Å². The summed E-state index contributed by atoms with van der Waals surface area (Å²) in [7, 11) is -16.1. The van der Waals surface area contributed by atoms with Crippen LogP contribution in [0, 0.1) is 70.0 Å². The predicted octanol–water partition coefficient (Wildman–Crippen LogP) is 15.5. The lowest BCUT2D eigenvalue weighted by Crippen LogP contribution is -2.61. The molecule has 0 saturated heterocycles. The largest absolute Gasteiger partial charge is 0.534 e. The summed E-state index contributed by atoms with van der Waals surface area (Å²) in [5.74, 6) is -0.743. The lowest BCUT2D eigenvalue weighted by Gasteiger charge is -2.60. The van der Waals surface area contributed by atoms with Crippen molar-refractivity contribution < 1.29 is 60.4 Å². The topological polar surface area (TPSA) is 105 Å². The minimum atomic E-state index is -5.72. The molecule has 0 amide bonds. The summed E-state index contributed by atoms with van der Waals surface area (Å²) in [6.45, 7) is 30.7. The fourth-order valence-corrected chi connectivity index (χ4v) is 29.1. The van der Waals surface area contributed by atoms with E-state index in [1.54, 1.807) is 12.2 Å². The van der Waals surface area contributed by atoms with Crippen LogP contribution >= 0.6 is 23.2 Å². The van der Waals surface area contributed by atoms with Crippen LogP contribution in [0.1, 0.15) is 135 Å². The number of fused-ring (bicyclic) bond motifs is 8. The summed E-state index contributed by atoms with van der Waals surface area (Å²) < 4.78 is 150. The Kier molecular flexibility index (Phi) is 15.3. The molecule has 0 aromatic carbocycles. The van der Waals surface area contributed by atoms with Gasteiger partial charge in [-0.3, -0.25) is 0 Å². The van der Waals surface area contributed by atoms with Crippen molar-refractivity contribution in [2.24, 2.45) is 70.0 Å². The SMILES string of the molecule is CC(C)[Si](O[C@@H]1[C@@H]2C=C(OS(=O)(=O)C(F)(F)F)C[C@@H]1[C@@H]1[C@H](C)C(Cl)=C[C@@H]2C12CC2)(C(C)C)C(C)C.CC(C)[Si](O[C@H]1[C@@H]2C=C(OS(=O)(=O)C(F)(F)F)C[C@@H]1[C@@H]1C=C(Cl)[C@@H](C)[C@@H]2C12CC2)(C(C)C)C(C)C. The van der Waals surface area contributed by atoms with E-state index in [2.05, 4.69) is 109 Å². The molecule has 0 heterocycles. The van der Waals surface area contributed by atoms with Gasteiger partial charge in [0.2, 0.25) is 16.6 Å². The van der Waals surface area contributed by atoms with Gasteiger partial charge in [0.05, 0.1) is 12.2 Å². The van der Waals surface area contributed by atoms with Crippen molar-refractivity contribution in [3.63, 3.8) is 0 Å². The predicted molar refractivity (Wildman–Crippen MR) is 267 cm³/mol. The quantitative estimate of drug-likeness (QED) is 0.0733. The highest BCUT2D eigenvalue weighted by atomic mass is 35.5. The van der Waals surface area contributed by atoms with Gasteiger partial charge >= 0.3 is 31.3 Å². The molecule has 0 radical (unpaired) electrons. The number of hydrogen-bond acceptors (Lipinski definition) is 8. The van der Waals surface area contributed by atoms with Crippen LogP contribution < -0.4 is 0 Å². The molecule has 2 spiro atoms. The van der Waals surface area contributed by atoms with Crippen molar-refractivity contribution in [1.29, 1.82) is 0 Å². The van der Waals surface area contributed by atoms with Gasteiger partial charge < -0.3 is 17.2 Å². The first-order chi connectivity index (χ1) is 32.0. The summed E-state index contributed by atoms with van der Waals surface area (Å²) in [5, 5.41) is 1.60. The summed E-state index contributed by atoms with van der Waals surface area (Å²) in [5.41, 5.74) is -8.70. The highest BCUT2D eigenvalue weighted by molar-refractivity contribution is 7.88. The Morgan fingerprint density at radius 2 is 0.857 bits per heavy atom. The Bertz CT molecular complexity index is 2270. The van der Waals surface area contributed by atoms with E-state index in [9.17, 15) is 43.2 Å². The first-order valence-corrected chi connectivity index (χ1v) is 33.4. The summed E-state index contributed by atoms with van der Waals surface area (Å²) in [6.07, 6.45) is 11.5. The van der Waals surface area contributed by atoms with Gasteiger partial charge in [-0.15, -0.1) is 0 Å². The molecular weight excluding hydrogens is 1030 g/mol. The second kappa shape index (κ2) is 18.9. The Hall–Kier alpha value is -1.03. The van der Waals surface area contributed by atoms with Crippen LogP contribution in [0.15, 0.2) is 45.9 Å². The van der Waals surface area contributed by atoms with E-state index < -0.39 is 47.9 Å². The first-order valence-electron chi connectivity index (χ1n) is 25.5. The number of hydrogen-bond donors (Lipinski definition) is 0. The van der Waals surface area contributed by atoms with Crippen LogP contribution in [0.4, 0.5) is 26.3 Å².